The zero-order valence-electron chi connectivity index (χ0n) is 9.41. The third kappa shape index (κ3) is 2.23. The lowest BCUT2D eigenvalue weighted by atomic mass is 10.1. The number of benzene rings is 1. The summed E-state index contributed by atoms with van der Waals surface area (Å²) in [6, 6.07) is 7.27. The van der Waals surface area contributed by atoms with E-state index in [4.69, 9.17) is 5.26 Å². The van der Waals surface area contributed by atoms with E-state index >= 15 is 0 Å². The average molecular weight is 218 g/mol. The minimum absolute atomic E-state index is 0.143. The van der Waals surface area contributed by atoms with Crippen molar-refractivity contribution in [2.24, 2.45) is 0 Å². The van der Waals surface area contributed by atoms with E-state index < -0.39 is 5.82 Å². The lowest BCUT2D eigenvalue weighted by Crippen LogP contribution is -2.26. The Morgan fingerprint density at radius 3 is 3.00 bits per heavy atom. The molecular formula is C13H15FN2. The average Bonchev–Trinajstić information content (AvgIpc) is 2.67. The van der Waals surface area contributed by atoms with Gasteiger partial charge in [-0.1, -0.05) is 6.07 Å². The quantitative estimate of drug-likeness (QED) is 0.763. The highest BCUT2D eigenvalue weighted by molar-refractivity contribution is 5.34. The van der Waals surface area contributed by atoms with Gasteiger partial charge in [0.25, 0.3) is 0 Å². The van der Waals surface area contributed by atoms with E-state index in [0.717, 1.165) is 18.7 Å². The number of hydrogen-bond acceptors (Lipinski definition) is 2. The Hall–Kier alpha value is -1.40. The van der Waals surface area contributed by atoms with Gasteiger partial charge in [0.2, 0.25) is 0 Å². The molecule has 0 N–H and O–H groups in total. The Morgan fingerprint density at radius 2 is 2.38 bits per heavy atom. The van der Waals surface area contributed by atoms with Gasteiger partial charge in [0.05, 0.1) is 5.56 Å². The first-order valence-corrected chi connectivity index (χ1v) is 5.63. The molecule has 3 heteroatoms. The van der Waals surface area contributed by atoms with Crippen molar-refractivity contribution in [2.45, 2.75) is 32.4 Å². The van der Waals surface area contributed by atoms with Crippen LogP contribution in [0.5, 0.6) is 0 Å². The smallest absolute Gasteiger partial charge is 0.140 e. The number of likely N-dealkylation sites (tertiary alicyclic amines) is 1. The highest BCUT2D eigenvalue weighted by Gasteiger charge is 2.20. The molecule has 0 bridgehead atoms. The Bertz CT molecular complexity index is 422. The molecule has 1 aromatic rings. The molecule has 1 fully saturated rings. The molecule has 1 aliphatic rings. The van der Waals surface area contributed by atoms with E-state index in [1.165, 1.54) is 18.9 Å². The molecule has 0 spiro atoms. The van der Waals surface area contributed by atoms with Crippen LogP contribution in [0.1, 0.15) is 30.9 Å². The van der Waals surface area contributed by atoms with Crippen LogP contribution in [0.3, 0.4) is 0 Å². The molecule has 1 saturated heterocycles. The van der Waals surface area contributed by atoms with Gasteiger partial charge in [0, 0.05) is 12.6 Å². The molecular weight excluding hydrogens is 203 g/mol. The topological polar surface area (TPSA) is 27.0 Å². The molecule has 0 aromatic heterocycles. The fourth-order valence-corrected chi connectivity index (χ4v) is 2.22. The van der Waals surface area contributed by atoms with Crippen molar-refractivity contribution in [1.82, 2.24) is 4.90 Å². The summed E-state index contributed by atoms with van der Waals surface area (Å²) in [4.78, 5) is 2.37. The van der Waals surface area contributed by atoms with Crippen molar-refractivity contribution in [3.05, 3.63) is 35.1 Å². The number of rotatable bonds is 2. The predicted molar refractivity (Wildman–Crippen MR) is 60.2 cm³/mol. The molecule has 1 atom stereocenters. The molecule has 1 unspecified atom stereocenters. The van der Waals surface area contributed by atoms with Crippen LogP contribution in [-0.2, 0) is 6.54 Å². The minimum Gasteiger partial charge on any atom is -0.296 e. The fourth-order valence-electron chi connectivity index (χ4n) is 2.22. The van der Waals surface area contributed by atoms with Gasteiger partial charge in [-0.25, -0.2) is 4.39 Å². The summed E-state index contributed by atoms with van der Waals surface area (Å²) in [5.74, 6) is -0.430. The van der Waals surface area contributed by atoms with Gasteiger partial charge in [-0.15, -0.1) is 0 Å². The highest BCUT2D eigenvalue weighted by atomic mass is 19.1. The van der Waals surface area contributed by atoms with Gasteiger partial charge < -0.3 is 0 Å². The zero-order chi connectivity index (χ0) is 11.5. The van der Waals surface area contributed by atoms with E-state index in [1.807, 2.05) is 6.07 Å². The van der Waals surface area contributed by atoms with Crippen molar-refractivity contribution >= 4 is 0 Å². The fraction of sp³-hybridized carbons (Fsp3) is 0.462. The van der Waals surface area contributed by atoms with Crippen molar-refractivity contribution in [3.63, 3.8) is 0 Å². The largest absolute Gasteiger partial charge is 0.296 e. The molecule has 0 aliphatic carbocycles. The van der Waals surface area contributed by atoms with Gasteiger partial charge in [-0.3, -0.25) is 4.90 Å². The molecule has 1 aliphatic heterocycles. The predicted octanol–water partition coefficient (Wildman–Crippen LogP) is 2.68. The summed E-state index contributed by atoms with van der Waals surface area (Å²) in [5.41, 5.74) is 1.16. The summed E-state index contributed by atoms with van der Waals surface area (Å²) in [6.07, 6.45) is 2.46. The summed E-state index contributed by atoms with van der Waals surface area (Å²) in [5, 5.41) is 8.75. The third-order valence-corrected chi connectivity index (χ3v) is 3.23. The van der Waals surface area contributed by atoms with Crippen molar-refractivity contribution < 1.29 is 4.39 Å². The second-order valence-corrected chi connectivity index (χ2v) is 4.39. The van der Waals surface area contributed by atoms with E-state index in [1.54, 1.807) is 12.1 Å². The molecule has 0 saturated carbocycles. The first kappa shape index (κ1) is 11.1. The zero-order valence-corrected chi connectivity index (χ0v) is 9.41. The molecule has 1 aromatic carbocycles. The van der Waals surface area contributed by atoms with Crippen LogP contribution in [0, 0.1) is 17.1 Å². The van der Waals surface area contributed by atoms with E-state index in [2.05, 4.69) is 11.8 Å². The summed E-state index contributed by atoms with van der Waals surface area (Å²) < 4.78 is 13.1. The van der Waals surface area contributed by atoms with E-state index in [9.17, 15) is 4.39 Å². The standard InChI is InChI=1S/C13H15FN2/c1-10-3-2-6-16(10)9-11-4-5-13(14)12(7-11)8-15/h4-5,7,10H,2-3,6,9H2,1H3. The van der Waals surface area contributed by atoms with Crippen LogP contribution >= 0.6 is 0 Å². The normalized spacial score (nSPS) is 20.9. The molecule has 1 heterocycles. The molecule has 0 radical (unpaired) electrons. The summed E-state index contributed by atoms with van der Waals surface area (Å²) >= 11 is 0. The molecule has 2 rings (SSSR count). The number of halogens is 1. The highest BCUT2D eigenvalue weighted by Crippen LogP contribution is 2.20. The Morgan fingerprint density at radius 1 is 1.56 bits per heavy atom. The lowest BCUT2D eigenvalue weighted by molar-refractivity contribution is 0.260. The van der Waals surface area contributed by atoms with Crippen molar-refractivity contribution in [2.75, 3.05) is 6.54 Å². The lowest BCUT2D eigenvalue weighted by Gasteiger charge is -2.20. The second-order valence-electron chi connectivity index (χ2n) is 4.39. The molecule has 16 heavy (non-hydrogen) atoms. The second kappa shape index (κ2) is 4.63. The van der Waals surface area contributed by atoms with Gasteiger partial charge in [-0.05, 0) is 44.0 Å². The number of hydrogen-bond donors (Lipinski definition) is 0. The maximum absolute atomic E-state index is 13.1. The van der Waals surface area contributed by atoms with Crippen LogP contribution in [0.25, 0.3) is 0 Å². The van der Waals surface area contributed by atoms with Crippen LogP contribution in [0.2, 0.25) is 0 Å². The number of nitrogens with zero attached hydrogens (tertiary/aromatic N) is 2. The van der Waals surface area contributed by atoms with Gasteiger partial charge in [-0.2, -0.15) is 5.26 Å². The van der Waals surface area contributed by atoms with Gasteiger partial charge in [0.1, 0.15) is 11.9 Å². The Balaban J connectivity index is 2.13. The van der Waals surface area contributed by atoms with Crippen molar-refractivity contribution in [1.29, 1.82) is 5.26 Å². The summed E-state index contributed by atoms with van der Waals surface area (Å²) in [6.45, 7) is 4.12. The van der Waals surface area contributed by atoms with Gasteiger partial charge >= 0.3 is 0 Å². The first-order chi connectivity index (χ1) is 7.70. The van der Waals surface area contributed by atoms with Crippen LogP contribution in [0.4, 0.5) is 4.39 Å². The van der Waals surface area contributed by atoms with Crippen LogP contribution in [-0.4, -0.2) is 17.5 Å². The Labute approximate surface area is 95.3 Å². The third-order valence-electron chi connectivity index (χ3n) is 3.23. The van der Waals surface area contributed by atoms with Crippen LogP contribution < -0.4 is 0 Å². The van der Waals surface area contributed by atoms with Gasteiger partial charge in [0.15, 0.2) is 0 Å². The van der Waals surface area contributed by atoms with Crippen molar-refractivity contribution in [3.8, 4) is 6.07 Å². The first-order valence-electron chi connectivity index (χ1n) is 5.63. The molecule has 84 valence electrons. The monoisotopic (exact) mass is 218 g/mol. The van der Waals surface area contributed by atoms with Crippen LogP contribution in [0.15, 0.2) is 18.2 Å². The number of nitriles is 1. The maximum Gasteiger partial charge on any atom is 0.140 e. The Kier molecular flexibility index (Phi) is 3.21. The molecule has 0 amide bonds. The SMILES string of the molecule is CC1CCCN1Cc1ccc(F)c(C#N)c1. The van der Waals surface area contributed by atoms with E-state index in [-0.39, 0.29) is 5.56 Å². The minimum atomic E-state index is -0.430. The maximum atomic E-state index is 13.1. The molecule has 2 nitrogen and oxygen atoms in total. The summed E-state index contributed by atoms with van der Waals surface area (Å²) in [7, 11) is 0. The van der Waals surface area contributed by atoms with E-state index in [0.29, 0.717) is 6.04 Å².